The summed E-state index contributed by atoms with van der Waals surface area (Å²) >= 11 is 0. The Bertz CT molecular complexity index is 660. The lowest BCUT2D eigenvalue weighted by Crippen LogP contribution is -2.40. The van der Waals surface area contributed by atoms with E-state index in [4.69, 9.17) is 9.47 Å². The van der Waals surface area contributed by atoms with Gasteiger partial charge in [0.15, 0.2) is 18.1 Å². The molecule has 1 aromatic rings. The lowest BCUT2D eigenvalue weighted by atomic mass is 10.3. The zero-order chi connectivity index (χ0) is 19.6. The number of para-hydroxylation sites is 2. The lowest BCUT2D eigenvalue weighted by molar-refractivity contribution is -0.135. The molecule has 0 aliphatic heterocycles. The SMILES string of the molecule is C=CCN(CC=C)C(=O)CCN(C(=O)COc1ccccc1OC)C1CC1. The summed E-state index contributed by atoms with van der Waals surface area (Å²) in [4.78, 5) is 28.5. The molecule has 1 fully saturated rings. The molecule has 6 nitrogen and oxygen atoms in total. The molecular weight excluding hydrogens is 344 g/mol. The second kappa shape index (κ2) is 10.4. The van der Waals surface area contributed by atoms with Gasteiger partial charge in [-0.3, -0.25) is 9.59 Å². The number of nitrogens with zero attached hydrogens (tertiary/aromatic N) is 2. The number of methoxy groups -OCH3 is 1. The summed E-state index contributed by atoms with van der Waals surface area (Å²) in [6, 6.07) is 7.42. The number of ether oxygens (including phenoxy) is 2. The third-order valence-corrected chi connectivity index (χ3v) is 4.35. The van der Waals surface area contributed by atoms with Crippen molar-refractivity contribution in [2.45, 2.75) is 25.3 Å². The van der Waals surface area contributed by atoms with Crippen LogP contribution in [0.4, 0.5) is 0 Å². The molecule has 0 aromatic heterocycles. The summed E-state index contributed by atoms with van der Waals surface area (Å²) in [6.07, 6.45) is 5.59. The molecule has 2 rings (SSSR count). The lowest BCUT2D eigenvalue weighted by Gasteiger charge is -2.25. The molecular formula is C21H28N2O4. The van der Waals surface area contributed by atoms with E-state index in [0.717, 1.165) is 12.8 Å². The number of hydrogen-bond acceptors (Lipinski definition) is 4. The minimum absolute atomic E-state index is 0.0149. The van der Waals surface area contributed by atoms with Crippen LogP contribution in [0.5, 0.6) is 11.5 Å². The highest BCUT2D eigenvalue weighted by Gasteiger charge is 2.33. The maximum absolute atomic E-state index is 12.6. The van der Waals surface area contributed by atoms with E-state index in [0.29, 0.717) is 31.1 Å². The Hall–Kier alpha value is -2.76. The van der Waals surface area contributed by atoms with Gasteiger partial charge in [-0.25, -0.2) is 0 Å². The Morgan fingerprint density at radius 1 is 1.11 bits per heavy atom. The van der Waals surface area contributed by atoms with E-state index >= 15 is 0 Å². The molecule has 1 saturated carbocycles. The van der Waals surface area contributed by atoms with E-state index in [2.05, 4.69) is 13.2 Å². The normalized spacial score (nSPS) is 12.8. The van der Waals surface area contributed by atoms with Crippen LogP contribution in [0.3, 0.4) is 0 Å². The predicted octanol–water partition coefficient (Wildman–Crippen LogP) is 2.66. The summed E-state index contributed by atoms with van der Waals surface area (Å²) in [5.41, 5.74) is 0. The fraction of sp³-hybridized carbons (Fsp3) is 0.429. The van der Waals surface area contributed by atoms with Crippen molar-refractivity contribution in [1.82, 2.24) is 9.80 Å². The number of benzene rings is 1. The zero-order valence-corrected chi connectivity index (χ0v) is 15.9. The highest BCUT2D eigenvalue weighted by molar-refractivity contribution is 5.80. The Morgan fingerprint density at radius 2 is 1.74 bits per heavy atom. The molecule has 1 aliphatic carbocycles. The van der Waals surface area contributed by atoms with Gasteiger partial charge in [0.25, 0.3) is 5.91 Å². The monoisotopic (exact) mass is 372 g/mol. The minimum Gasteiger partial charge on any atom is -0.493 e. The largest absolute Gasteiger partial charge is 0.493 e. The number of rotatable bonds is 12. The van der Waals surface area contributed by atoms with Crippen molar-refractivity contribution in [3.05, 3.63) is 49.6 Å². The van der Waals surface area contributed by atoms with E-state index in [1.807, 2.05) is 12.1 Å². The summed E-state index contributed by atoms with van der Waals surface area (Å²) in [5, 5.41) is 0. The van der Waals surface area contributed by atoms with E-state index in [9.17, 15) is 9.59 Å². The molecule has 27 heavy (non-hydrogen) atoms. The van der Waals surface area contributed by atoms with Crippen LogP contribution in [-0.4, -0.2) is 61.0 Å². The number of carbonyl (C=O) groups is 2. The fourth-order valence-electron chi connectivity index (χ4n) is 2.82. The van der Waals surface area contributed by atoms with Crippen LogP contribution in [0.15, 0.2) is 49.6 Å². The van der Waals surface area contributed by atoms with Crippen molar-refractivity contribution in [3.63, 3.8) is 0 Å². The number of hydrogen-bond donors (Lipinski definition) is 0. The first kappa shape index (κ1) is 20.6. The molecule has 6 heteroatoms. The van der Waals surface area contributed by atoms with E-state index < -0.39 is 0 Å². The Labute approximate surface area is 161 Å². The van der Waals surface area contributed by atoms with Crippen molar-refractivity contribution in [3.8, 4) is 11.5 Å². The second-order valence-electron chi connectivity index (χ2n) is 6.38. The van der Waals surface area contributed by atoms with Gasteiger partial charge in [0, 0.05) is 32.1 Å². The molecule has 0 unspecified atom stereocenters. The van der Waals surface area contributed by atoms with Crippen LogP contribution in [0.1, 0.15) is 19.3 Å². The maximum Gasteiger partial charge on any atom is 0.260 e. The highest BCUT2D eigenvalue weighted by atomic mass is 16.5. The smallest absolute Gasteiger partial charge is 0.260 e. The molecule has 1 aliphatic rings. The molecule has 0 atom stereocenters. The van der Waals surface area contributed by atoms with Crippen molar-refractivity contribution in [1.29, 1.82) is 0 Å². The van der Waals surface area contributed by atoms with Crippen LogP contribution in [-0.2, 0) is 9.59 Å². The predicted molar refractivity (Wildman–Crippen MR) is 105 cm³/mol. The van der Waals surface area contributed by atoms with Crippen molar-refractivity contribution >= 4 is 11.8 Å². The van der Waals surface area contributed by atoms with Gasteiger partial charge in [-0.05, 0) is 25.0 Å². The maximum atomic E-state index is 12.6. The van der Waals surface area contributed by atoms with Crippen LogP contribution in [0.2, 0.25) is 0 Å². The Balaban J connectivity index is 1.90. The molecule has 0 N–H and O–H groups in total. The molecule has 1 aromatic carbocycles. The summed E-state index contributed by atoms with van der Waals surface area (Å²) in [5.74, 6) is 0.986. The van der Waals surface area contributed by atoms with Crippen molar-refractivity contribution in [2.24, 2.45) is 0 Å². The van der Waals surface area contributed by atoms with Crippen LogP contribution < -0.4 is 9.47 Å². The summed E-state index contributed by atoms with van der Waals surface area (Å²) in [7, 11) is 1.56. The van der Waals surface area contributed by atoms with Crippen LogP contribution in [0.25, 0.3) is 0 Å². The van der Waals surface area contributed by atoms with Crippen LogP contribution in [0, 0.1) is 0 Å². The molecule has 0 bridgehead atoms. The van der Waals surface area contributed by atoms with Gasteiger partial charge in [-0.2, -0.15) is 0 Å². The molecule has 0 saturated heterocycles. The van der Waals surface area contributed by atoms with E-state index in [1.165, 1.54) is 0 Å². The number of amides is 2. The molecule has 0 heterocycles. The van der Waals surface area contributed by atoms with Crippen molar-refractivity contribution in [2.75, 3.05) is 33.4 Å². The quantitative estimate of drug-likeness (QED) is 0.529. The Kier molecular flexibility index (Phi) is 7.92. The van der Waals surface area contributed by atoms with Gasteiger partial charge in [-0.1, -0.05) is 24.3 Å². The summed E-state index contributed by atoms with van der Waals surface area (Å²) in [6.45, 7) is 8.61. The molecule has 0 spiro atoms. The number of carbonyl (C=O) groups excluding carboxylic acids is 2. The first-order valence-corrected chi connectivity index (χ1v) is 9.15. The third-order valence-electron chi connectivity index (χ3n) is 4.35. The molecule has 2 amide bonds. The van der Waals surface area contributed by atoms with Crippen LogP contribution >= 0.6 is 0 Å². The van der Waals surface area contributed by atoms with Gasteiger partial charge in [-0.15, -0.1) is 13.2 Å². The average Bonchev–Trinajstić information content (AvgIpc) is 3.51. The standard InChI is InChI=1S/C21H28N2O4/c1-4-13-22(14-5-2)20(24)12-15-23(17-10-11-17)21(25)16-27-19-9-7-6-8-18(19)26-3/h4-9,17H,1-2,10-16H2,3H3. The van der Waals surface area contributed by atoms with Gasteiger partial charge in [0.2, 0.25) is 5.91 Å². The Morgan fingerprint density at radius 3 is 2.30 bits per heavy atom. The van der Waals surface area contributed by atoms with Gasteiger partial charge < -0.3 is 19.3 Å². The highest BCUT2D eigenvalue weighted by Crippen LogP contribution is 2.28. The van der Waals surface area contributed by atoms with E-state index in [1.54, 1.807) is 41.2 Å². The van der Waals surface area contributed by atoms with E-state index in [-0.39, 0.29) is 30.9 Å². The van der Waals surface area contributed by atoms with Gasteiger partial charge >= 0.3 is 0 Å². The first-order chi connectivity index (χ1) is 13.1. The average molecular weight is 372 g/mol. The van der Waals surface area contributed by atoms with Gasteiger partial charge in [0.05, 0.1) is 7.11 Å². The van der Waals surface area contributed by atoms with Gasteiger partial charge in [0.1, 0.15) is 0 Å². The van der Waals surface area contributed by atoms with Crippen molar-refractivity contribution < 1.29 is 19.1 Å². The first-order valence-electron chi connectivity index (χ1n) is 9.15. The minimum atomic E-state index is -0.116. The fourth-order valence-corrected chi connectivity index (χ4v) is 2.82. The molecule has 0 radical (unpaired) electrons. The third kappa shape index (κ3) is 6.16. The topological polar surface area (TPSA) is 59.1 Å². The summed E-state index contributed by atoms with van der Waals surface area (Å²) < 4.78 is 10.9. The zero-order valence-electron chi connectivity index (χ0n) is 15.9. The molecule has 146 valence electrons. The second-order valence-corrected chi connectivity index (χ2v) is 6.38.